The van der Waals surface area contributed by atoms with E-state index in [4.69, 9.17) is 0 Å². The van der Waals surface area contributed by atoms with Crippen molar-refractivity contribution >= 4 is 11.8 Å². The number of hydrogen-bond acceptors (Lipinski definition) is 2. The van der Waals surface area contributed by atoms with Gasteiger partial charge >= 0.3 is 11.8 Å². The average molecular weight is 290 g/mol. The molecule has 0 saturated carbocycles. The molecule has 0 aromatic heterocycles. The minimum Gasteiger partial charge on any atom is -0.348 e. The van der Waals surface area contributed by atoms with E-state index in [1.165, 1.54) is 19.3 Å². The summed E-state index contributed by atoms with van der Waals surface area (Å²) in [5.74, 6) is -1.07. The molecule has 0 radical (unpaired) electrons. The summed E-state index contributed by atoms with van der Waals surface area (Å²) in [7, 11) is 0. The number of carbonyl (C=O) groups is 2. The van der Waals surface area contributed by atoms with Gasteiger partial charge in [0.15, 0.2) is 0 Å². The van der Waals surface area contributed by atoms with Crippen LogP contribution in [0.2, 0.25) is 0 Å². The molecule has 0 fully saturated rings. The highest BCUT2D eigenvalue weighted by Gasteiger charge is 2.11. The van der Waals surface area contributed by atoms with E-state index < -0.39 is 11.8 Å². The fourth-order valence-corrected chi connectivity index (χ4v) is 2.06. The number of hydrogen-bond donors (Lipinski definition) is 2. The Morgan fingerprint density at radius 3 is 2.14 bits per heavy atom. The van der Waals surface area contributed by atoms with Crippen LogP contribution in [0.1, 0.15) is 44.6 Å². The van der Waals surface area contributed by atoms with Crippen LogP contribution >= 0.6 is 0 Å². The van der Waals surface area contributed by atoms with Crippen LogP contribution in [-0.4, -0.2) is 24.9 Å². The Labute approximate surface area is 127 Å². The molecule has 0 unspecified atom stereocenters. The van der Waals surface area contributed by atoms with E-state index in [0.717, 1.165) is 24.8 Å². The molecule has 0 heterocycles. The van der Waals surface area contributed by atoms with E-state index in [2.05, 4.69) is 17.6 Å². The third kappa shape index (κ3) is 8.12. The van der Waals surface area contributed by atoms with Crippen molar-refractivity contribution in [3.05, 3.63) is 35.9 Å². The van der Waals surface area contributed by atoms with Gasteiger partial charge in [-0.15, -0.1) is 0 Å². The number of rotatable bonds is 9. The van der Waals surface area contributed by atoms with Crippen LogP contribution in [0.15, 0.2) is 30.3 Å². The maximum absolute atomic E-state index is 11.6. The highest BCUT2D eigenvalue weighted by Crippen LogP contribution is 2.01. The SMILES string of the molecule is CCCCCCCNC(=O)C(=O)NCCc1ccccc1. The normalized spacial score (nSPS) is 10.1. The smallest absolute Gasteiger partial charge is 0.309 e. The lowest BCUT2D eigenvalue weighted by atomic mass is 10.1. The molecule has 21 heavy (non-hydrogen) atoms. The van der Waals surface area contributed by atoms with Gasteiger partial charge in [-0.2, -0.15) is 0 Å². The lowest BCUT2D eigenvalue weighted by Crippen LogP contribution is -2.40. The molecule has 1 aromatic rings. The summed E-state index contributed by atoms with van der Waals surface area (Å²) in [6.45, 7) is 3.23. The summed E-state index contributed by atoms with van der Waals surface area (Å²) in [5, 5.41) is 5.30. The van der Waals surface area contributed by atoms with Crippen molar-refractivity contribution in [3.63, 3.8) is 0 Å². The Kier molecular flexibility index (Phi) is 8.93. The third-order valence-corrected chi connectivity index (χ3v) is 3.31. The first-order valence-electron chi connectivity index (χ1n) is 7.84. The molecule has 0 bridgehead atoms. The number of nitrogens with one attached hydrogen (secondary N) is 2. The molecule has 2 amide bonds. The molecule has 0 spiro atoms. The Morgan fingerprint density at radius 2 is 1.48 bits per heavy atom. The van der Waals surface area contributed by atoms with Gasteiger partial charge in [0.05, 0.1) is 0 Å². The van der Waals surface area contributed by atoms with E-state index in [1.807, 2.05) is 30.3 Å². The lowest BCUT2D eigenvalue weighted by Gasteiger charge is -2.06. The van der Waals surface area contributed by atoms with Crippen molar-refractivity contribution in [2.45, 2.75) is 45.4 Å². The minimum atomic E-state index is -0.542. The number of benzene rings is 1. The van der Waals surface area contributed by atoms with Gasteiger partial charge in [0.1, 0.15) is 0 Å². The maximum atomic E-state index is 11.6. The summed E-state index contributed by atoms with van der Waals surface area (Å²) in [6.07, 6.45) is 6.39. The van der Waals surface area contributed by atoms with E-state index in [0.29, 0.717) is 13.1 Å². The average Bonchev–Trinajstić information content (AvgIpc) is 2.51. The topological polar surface area (TPSA) is 58.2 Å². The quantitative estimate of drug-likeness (QED) is 0.542. The van der Waals surface area contributed by atoms with E-state index >= 15 is 0 Å². The summed E-state index contributed by atoms with van der Waals surface area (Å²) in [4.78, 5) is 23.1. The van der Waals surface area contributed by atoms with Crippen molar-refractivity contribution in [2.24, 2.45) is 0 Å². The molecule has 1 rings (SSSR count). The monoisotopic (exact) mass is 290 g/mol. The van der Waals surface area contributed by atoms with Crippen LogP contribution < -0.4 is 10.6 Å². The molecule has 4 heteroatoms. The second kappa shape index (κ2) is 10.9. The molecular formula is C17H26N2O2. The number of unbranched alkanes of at least 4 members (excludes halogenated alkanes) is 4. The van der Waals surface area contributed by atoms with E-state index in [1.54, 1.807) is 0 Å². The Balaban J connectivity index is 2.07. The maximum Gasteiger partial charge on any atom is 0.309 e. The predicted molar refractivity (Wildman–Crippen MR) is 84.9 cm³/mol. The number of carbonyl (C=O) groups excluding carboxylic acids is 2. The van der Waals surface area contributed by atoms with Crippen molar-refractivity contribution in [3.8, 4) is 0 Å². The molecule has 2 N–H and O–H groups in total. The van der Waals surface area contributed by atoms with Crippen molar-refractivity contribution in [2.75, 3.05) is 13.1 Å². The third-order valence-electron chi connectivity index (χ3n) is 3.31. The van der Waals surface area contributed by atoms with Gasteiger partial charge in [0.25, 0.3) is 0 Å². The molecule has 0 aliphatic carbocycles. The van der Waals surface area contributed by atoms with Gasteiger partial charge in [0.2, 0.25) is 0 Å². The zero-order valence-corrected chi connectivity index (χ0v) is 12.9. The highest BCUT2D eigenvalue weighted by atomic mass is 16.2. The second-order valence-corrected chi connectivity index (χ2v) is 5.16. The Hall–Kier alpha value is -1.84. The standard InChI is InChI=1S/C17H26N2O2/c1-2-3-4-5-9-13-18-16(20)17(21)19-14-12-15-10-7-6-8-11-15/h6-8,10-11H,2-5,9,12-14H2,1H3,(H,18,20)(H,19,21). The van der Waals surface area contributed by atoms with Gasteiger partial charge in [-0.05, 0) is 18.4 Å². The van der Waals surface area contributed by atoms with Gasteiger partial charge in [-0.3, -0.25) is 9.59 Å². The van der Waals surface area contributed by atoms with Crippen LogP contribution in [0.4, 0.5) is 0 Å². The molecule has 116 valence electrons. The summed E-state index contributed by atoms with van der Waals surface area (Å²) in [6, 6.07) is 9.88. The van der Waals surface area contributed by atoms with Gasteiger partial charge in [-0.25, -0.2) is 0 Å². The molecule has 1 aromatic carbocycles. The van der Waals surface area contributed by atoms with Crippen LogP contribution in [0.25, 0.3) is 0 Å². The number of amides is 2. The predicted octanol–water partition coefficient (Wildman–Crippen LogP) is 2.43. The van der Waals surface area contributed by atoms with Crippen molar-refractivity contribution < 1.29 is 9.59 Å². The summed E-state index contributed by atoms with van der Waals surface area (Å²) >= 11 is 0. The van der Waals surface area contributed by atoms with E-state index in [9.17, 15) is 9.59 Å². The lowest BCUT2D eigenvalue weighted by molar-refractivity contribution is -0.139. The molecule has 0 saturated heterocycles. The van der Waals surface area contributed by atoms with Crippen LogP contribution in [0.3, 0.4) is 0 Å². The molecule has 0 aliphatic heterocycles. The molecule has 4 nitrogen and oxygen atoms in total. The Morgan fingerprint density at radius 1 is 0.857 bits per heavy atom. The van der Waals surface area contributed by atoms with Crippen molar-refractivity contribution in [1.82, 2.24) is 10.6 Å². The first kappa shape index (κ1) is 17.2. The first-order chi connectivity index (χ1) is 10.2. The second-order valence-electron chi connectivity index (χ2n) is 5.16. The van der Waals surface area contributed by atoms with Crippen LogP contribution in [-0.2, 0) is 16.0 Å². The Bertz CT molecular complexity index is 418. The van der Waals surface area contributed by atoms with Gasteiger partial charge in [0, 0.05) is 13.1 Å². The highest BCUT2D eigenvalue weighted by molar-refractivity contribution is 6.35. The fourth-order valence-electron chi connectivity index (χ4n) is 2.06. The summed E-state index contributed by atoms with van der Waals surface area (Å²) in [5.41, 5.74) is 1.15. The minimum absolute atomic E-state index is 0.479. The molecular weight excluding hydrogens is 264 g/mol. The summed E-state index contributed by atoms with van der Waals surface area (Å²) < 4.78 is 0. The fraction of sp³-hybridized carbons (Fsp3) is 0.529. The van der Waals surface area contributed by atoms with Gasteiger partial charge < -0.3 is 10.6 Å². The largest absolute Gasteiger partial charge is 0.348 e. The first-order valence-corrected chi connectivity index (χ1v) is 7.84. The van der Waals surface area contributed by atoms with Crippen molar-refractivity contribution in [1.29, 1.82) is 0 Å². The van der Waals surface area contributed by atoms with Crippen LogP contribution in [0, 0.1) is 0 Å². The molecule has 0 aliphatic rings. The van der Waals surface area contributed by atoms with Gasteiger partial charge in [-0.1, -0.05) is 62.9 Å². The van der Waals surface area contributed by atoms with E-state index in [-0.39, 0.29) is 0 Å². The zero-order chi connectivity index (χ0) is 15.3. The van der Waals surface area contributed by atoms with Crippen LogP contribution in [0.5, 0.6) is 0 Å². The molecule has 0 atom stereocenters. The zero-order valence-electron chi connectivity index (χ0n) is 12.9.